The fourth-order valence-electron chi connectivity index (χ4n) is 4.40. The van der Waals surface area contributed by atoms with Gasteiger partial charge in [-0.15, -0.1) is 0 Å². The molecule has 0 saturated heterocycles. The lowest BCUT2D eigenvalue weighted by molar-refractivity contribution is 0.0548. The van der Waals surface area contributed by atoms with Gasteiger partial charge in [0.05, 0.1) is 19.3 Å². The van der Waals surface area contributed by atoms with Crippen molar-refractivity contribution in [3.8, 4) is 17.2 Å². The second-order valence-corrected chi connectivity index (χ2v) is 10.3. The number of ether oxygens (including phenoxy) is 2. The number of hydrogen-bond donors (Lipinski definition) is 5. The molecule has 34 heavy (non-hydrogen) atoms. The lowest BCUT2D eigenvalue weighted by Gasteiger charge is -2.38. The molecule has 8 nitrogen and oxygen atoms in total. The number of benzene rings is 2. The summed E-state index contributed by atoms with van der Waals surface area (Å²) >= 11 is 0. The van der Waals surface area contributed by atoms with Crippen LogP contribution in [-0.4, -0.2) is 51.2 Å². The highest BCUT2D eigenvalue weighted by atomic mass is 31.1. The second kappa shape index (κ2) is 12.5. The van der Waals surface area contributed by atoms with Crippen LogP contribution in [0.5, 0.6) is 17.2 Å². The summed E-state index contributed by atoms with van der Waals surface area (Å²) in [6.45, 7) is 2.92. The van der Waals surface area contributed by atoms with Crippen molar-refractivity contribution in [2.24, 2.45) is 0 Å². The Morgan fingerprint density at radius 2 is 2.03 bits per heavy atom. The minimum absolute atomic E-state index is 0.0230. The Morgan fingerprint density at radius 1 is 1.21 bits per heavy atom. The quantitative estimate of drug-likeness (QED) is 0.223. The van der Waals surface area contributed by atoms with E-state index in [1.54, 1.807) is 12.1 Å². The van der Waals surface area contributed by atoms with Gasteiger partial charge in [0.25, 0.3) is 0 Å². The molecule has 2 aromatic carbocycles. The summed E-state index contributed by atoms with van der Waals surface area (Å²) in [4.78, 5) is 10.0. The first-order valence-corrected chi connectivity index (χ1v) is 13.2. The van der Waals surface area contributed by atoms with Gasteiger partial charge in [0.15, 0.2) is 0 Å². The third-order valence-corrected chi connectivity index (χ3v) is 8.09. The molecule has 1 saturated carbocycles. The summed E-state index contributed by atoms with van der Waals surface area (Å²) in [5.41, 5.74) is 2.34. The van der Waals surface area contributed by atoms with Crippen molar-refractivity contribution in [2.45, 2.75) is 63.3 Å². The van der Waals surface area contributed by atoms with E-state index in [1.807, 2.05) is 25.1 Å². The SMILES string of the molecule is CCc1c(NCCCOc2ccc(O)c(CO)c2)cccc1OCC1([PH](=O)O)CCCCC1O. The predicted molar refractivity (Wildman–Crippen MR) is 132 cm³/mol. The van der Waals surface area contributed by atoms with Gasteiger partial charge >= 0.3 is 0 Å². The highest BCUT2D eigenvalue weighted by Crippen LogP contribution is 2.47. The van der Waals surface area contributed by atoms with Gasteiger partial charge in [-0.2, -0.15) is 0 Å². The van der Waals surface area contributed by atoms with Crippen LogP contribution in [-0.2, 0) is 17.6 Å². The molecule has 5 N–H and O–H groups in total. The Hall–Kier alpha value is -2.25. The molecule has 0 bridgehead atoms. The molecule has 1 fully saturated rings. The lowest BCUT2D eigenvalue weighted by atomic mass is 9.86. The highest BCUT2D eigenvalue weighted by molar-refractivity contribution is 7.40. The smallest absolute Gasteiger partial charge is 0.201 e. The molecule has 0 heterocycles. The van der Waals surface area contributed by atoms with Gasteiger partial charge in [0.2, 0.25) is 8.03 Å². The Balaban J connectivity index is 1.56. The minimum Gasteiger partial charge on any atom is -0.508 e. The van der Waals surface area contributed by atoms with Crippen molar-refractivity contribution < 1.29 is 34.3 Å². The van der Waals surface area contributed by atoms with Gasteiger partial charge in [-0.3, -0.25) is 4.57 Å². The van der Waals surface area contributed by atoms with Crippen molar-refractivity contribution >= 4 is 13.7 Å². The third kappa shape index (κ3) is 6.25. The number of nitrogens with one attached hydrogen (secondary N) is 1. The first-order chi connectivity index (χ1) is 16.4. The average Bonchev–Trinajstić information content (AvgIpc) is 2.84. The third-order valence-electron chi connectivity index (χ3n) is 6.51. The maximum atomic E-state index is 12.2. The van der Waals surface area contributed by atoms with E-state index < -0.39 is 19.3 Å². The molecular formula is C25H36NO7P. The molecular weight excluding hydrogens is 457 g/mol. The maximum absolute atomic E-state index is 12.2. The van der Waals surface area contributed by atoms with Crippen LogP contribution >= 0.6 is 8.03 Å². The summed E-state index contributed by atoms with van der Waals surface area (Å²) in [6, 6.07) is 10.5. The van der Waals surface area contributed by atoms with Gasteiger partial charge in [0.1, 0.15) is 29.0 Å². The molecule has 9 heteroatoms. The Bertz CT molecular complexity index is 970. The van der Waals surface area contributed by atoms with Crippen molar-refractivity contribution in [1.29, 1.82) is 0 Å². The van der Waals surface area contributed by atoms with Gasteiger partial charge in [-0.05, 0) is 56.0 Å². The zero-order valence-corrected chi connectivity index (χ0v) is 20.6. The summed E-state index contributed by atoms with van der Waals surface area (Å²) < 4.78 is 24.0. The molecule has 3 atom stereocenters. The molecule has 1 aliphatic carbocycles. The average molecular weight is 494 g/mol. The molecule has 0 spiro atoms. The Kier molecular flexibility index (Phi) is 9.65. The molecule has 0 aliphatic heterocycles. The zero-order valence-electron chi connectivity index (χ0n) is 19.6. The van der Waals surface area contributed by atoms with Gasteiger partial charge in [-0.1, -0.05) is 25.8 Å². The van der Waals surface area contributed by atoms with E-state index >= 15 is 0 Å². The van der Waals surface area contributed by atoms with E-state index in [1.165, 1.54) is 6.07 Å². The van der Waals surface area contributed by atoms with Crippen LogP contribution in [0.4, 0.5) is 5.69 Å². The molecule has 3 rings (SSSR count). The highest BCUT2D eigenvalue weighted by Gasteiger charge is 2.45. The molecule has 0 aromatic heterocycles. The van der Waals surface area contributed by atoms with Gasteiger partial charge in [-0.25, -0.2) is 0 Å². The molecule has 1 aliphatic rings. The van der Waals surface area contributed by atoms with Gasteiger partial charge in [0, 0.05) is 23.4 Å². The van der Waals surface area contributed by atoms with E-state index in [-0.39, 0.29) is 19.0 Å². The Morgan fingerprint density at radius 3 is 2.74 bits per heavy atom. The number of aliphatic hydroxyl groups is 2. The van der Waals surface area contributed by atoms with E-state index in [4.69, 9.17) is 9.47 Å². The fraction of sp³-hybridized carbons (Fsp3) is 0.520. The van der Waals surface area contributed by atoms with E-state index in [2.05, 4.69) is 5.32 Å². The monoisotopic (exact) mass is 493 g/mol. The number of rotatable bonds is 12. The van der Waals surface area contributed by atoms with Gasteiger partial charge < -0.3 is 35.0 Å². The topological polar surface area (TPSA) is 128 Å². The number of aromatic hydroxyl groups is 1. The largest absolute Gasteiger partial charge is 0.508 e. The first-order valence-electron chi connectivity index (χ1n) is 11.9. The van der Waals surface area contributed by atoms with Crippen molar-refractivity contribution in [2.75, 3.05) is 25.1 Å². The molecule has 0 radical (unpaired) electrons. The van der Waals surface area contributed by atoms with Crippen LogP contribution in [0.25, 0.3) is 0 Å². The van der Waals surface area contributed by atoms with Crippen LogP contribution in [0.2, 0.25) is 0 Å². The van der Waals surface area contributed by atoms with Crippen LogP contribution in [0, 0.1) is 0 Å². The van der Waals surface area contributed by atoms with Crippen molar-refractivity contribution in [3.05, 3.63) is 47.5 Å². The summed E-state index contributed by atoms with van der Waals surface area (Å²) in [6.07, 6.45) is 3.30. The predicted octanol–water partition coefficient (Wildman–Crippen LogP) is 3.85. The summed E-state index contributed by atoms with van der Waals surface area (Å²) in [5.74, 6) is 1.29. The summed E-state index contributed by atoms with van der Waals surface area (Å²) in [7, 11) is -2.97. The molecule has 0 amide bonds. The molecule has 188 valence electrons. The fourth-order valence-corrected chi connectivity index (χ4v) is 5.42. The first kappa shape index (κ1) is 26.4. The van der Waals surface area contributed by atoms with Crippen LogP contribution < -0.4 is 14.8 Å². The lowest BCUT2D eigenvalue weighted by Crippen LogP contribution is -2.46. The maximum Gasteiger partial charge on any atom is 0.201 e. The van der Waals surface area contributed by atoms with Crippen LogP contribution in [0.15, 0.2) is 36.4 Å². The second-order valence-electron chi connectivity index (χ2n) is 8.72. The number of anilines is 1. The minimum atomic E-state index is -2.97. The summed E-state index contributed by atoms with van der Waals surface area (Å²) in [5, 5.41) is 31.7. The standard InChI is InChI=1S/C25H36NO7P/c1-2-20-21(26-13-6-14-32-19-10-11-22(28)18(15-19)16-27)7-5-8-23(20)33-17-25(34(30)31)12-4-3-9-24(25)29/h5,7-8,10-11,15,24,26-29,34H,2-4,6,9,12-14,16-17H2,1H3,(H,30,31). The van der Waals surface area contributed by atoms with E-state index in [0.29, 0.717) is 43.1 Å². The van der Waals surface area contributed by atoms with Crippen LogP contribution in [0.3, 0.4) is 0 Å². The normalized spacial score (nSPS) is 21.1. The number of phenols is 1. The number of hydrogen-bond acceptors (Lipinski definition) is 7. The number of aliphatic hydroxyl groups excluding tert-OH is 2. The molecule has 3 unspecified atom stereocenters. The van der Waals surface area contributed by atoms with E-state index in [9.17, 15) is 24.8 Å². The zero-order chi connectivity index (χ0) is 24.6. The van der Waals surface area contributed by atoms with Crippen molar-refractivity contribution in [1.82, 2.24) is 0 Å². The Labute approximate surface area is 201 Å². The molecule has 2 aromatic rings. The van der Waals surface area contributed by atoms with E-state index in [0.717, 1.165) is 36.9 Å². The van der Waals surface area contributed by atoms with Crippen molar-refractivity contribution in [3.63, 3.8) is 0 Å². The van der Waals surface area contributed by atoms with Crippen LogP contribution in [0.1, 0.15) is 50.2 Å².